The second kappa shape index (κ2) is 10.7. The predicted molar refractivity (Wildman–Crippen MR) is 113 cm³/mol. The number of H-pyrrole nitrogens is 1. The van der Waals surface area contributed by atoms with Gasteiger partial charge in [-0.25, -0.2) is 4.39 Å². The van der Waals surface area contributed by atoms with Crippen LogP contribution in [0.1, 0.15) is 48.4 Å². The number of anilines is 1. The average Bonchev–Trinajstić information content (AvgIpc) is 3.18. The fourth-order valence-corrected chi connectivity index (χ4v) is 3.14. The molecule has 0 unspecified atom stereocenters. The van der Waals surface area contributed by atoms with E-state index < -0.39 is 11.7 Å². The van der Waals surface area contributed by atoms with Gasteiger partial charge in [-0.2, -0.15) is 5.10 Å². The van der Waals surface area contributed by atoms with E-state index in [1.165, 1.54) is 12.1 Å². The topological polar surface area (TPSA) is 100 Å². The Labute approximate surface area is 175 Å². The maximum absolute atomic E-state index is 14.3. The van der Waals surface area contributed by atoms with Crippen molar-refractivity contribution in [2.45, 2.75) is 33.1 Å². The number of hydrogen-bond acceptors (Lipinski definition) is 6. The number of benzene rings is 1. The van der Waals surface area contributed by atoms with Crippen LogP contribution in [0.15, 0.2) is 24.3 Å². The number of aromatic amines is 1. The van der Waals surface area contributed by atoms with Crippen molar-refractivity contribution in [1.29, 1.82) is 0 Å². The minimum absolute atomic E-state index is 0.148. The van der Waals surface area contributed by atoms with Gasteiger partial charge in [-0.3, -0.25) is 20.2 Å². The van der Waals surface area contributed by atoms with Gasteiger partial charge in [-0.15, -0.1) is 0 Å². The Morgan fingerprint density at radius 3 is 2.93 bits per heavy atom. The van der Waals surface area contributed by atoms with Crippen molar-refractivity contribution in [3.63, 3.8) is 0 Å². The molecule has 0 atom stereocenters. The third-order valence-corrected chi connectivity index (χ3v) is 4.55. The Hall–Kier alpha value is -2.91. The molecule has 0 saturated carbocycles. The van der Waals surface area contributed by atoms with Crippen LogP contribution in [0.3, 0.4) is 0 Å². The van der Waals surface area contributed by atoms with Gasteiger partial charge in [0.05, 0.1) is 17.9 Å². The van der Waals surface area contributed by atoms with Crippen molar-refractivity contribution in [3.8, 4) is 5.75 Å². The number of nitrogens with zero attached hydrogens (tertiary/aromatic N) is 1. The zero-order valence-electron chi connectivity index (χ0n) is 17.3. The molecule has 1 aliphatic rings. The number of ether oxygens (including phenoxy) is 1. The summed E-state index contributed by atoms with van der Waals surface area (Å²) in [6, 6.07) is 4.35. The molecule has 0 bridgehead atoms. The number of hydrogen-bond donors (Lipinski definition) is 4. The van der Waals surface area contributed by atoms with Crippen molar-refractivity contribution in [1.82, 2.24) is 21.0 Å². The lowest BCUT2D eigenvalue weighted by atomic mass is 9.99. The number of carbonyl (C=O) groups excluding carboxylic acids is 1. The van der Waals surface area contributed by atoms with Gasteiger partial charge < -0.3 is 15.4 Å². The zero-order valence-corrected chi connectivity index (χ0v) is 17.3. The molecule has 8 nitrogen and oxygen atoms in total. The van der Waals surface area contributed by atoms with Crippen LogP contribution in [0.4, 0.5) is 10.1 Å². The zero-order chi connectivity index (χ0) is 21.3. The highest BCUT2D eigenvalue weighted by Crippen LogP contribution is 2.27. The molecule has 1 aliphatic carbocycles. The first-order valence-electron chi connectivity index (χ1n) is 10.2. The minimum atomic E-state index is -0.536. The average molecular weight is 417 g/mol. The maximum Gasteiger partial charge on any atom is 0.276 e. The lowest BCUT2D eigenvalue weighted by molar-refractivity contribution is 0.0894. The number of amides is 1. The van der Waals surface area contributed by atoms with E-state index in [0.717, 1.165) is 31.5 Å². The van der Waals surface area contributed by atoms with Crippen LogP contribution in [0.2, 0.25) is 0 Å². The third-order valence-electron chi connectivity index (χ3n) is 4.55. The van der Waals surface area contributed by atoms with Crippen molar-refractivity contribution < 1.29 is 18.8 Å². The standard InChI is InChI=1S/C21H28FN5O3/c1-3-10-23-11-12-29-18-9-8-14(13-15(18)22)24-21(28)20-19-16(25-26-20)6-5-7-17(19)27-30-4-2/h7-9,13,23,27H,3-6,10-12H2,1-2H3,(H,24,28)(H,25,26). The van der Waals surface area contributed by atoms with Crippen LogP contribution in [-0.2, 0) is 11.3 Å². The van der Waals surface area contributed by atoms with Gasteiger partial charge in [-0.1, -0.05) is 13.0 Å². The van der Waals surface area contributed by atoms with Gasteiger partial charge in [0, 0.05) is 24.0 Å². The minimum Gasteiger partial charge on any atom is -0.489 e. The molecule has 2 aromatic rings. The lowest BCUT2D eigenvalue weighted by Crippen LogP contribution is -2.22. The van der Waals surface area contributed by atoms with Crippen molar-refractivity contribution in [2.24, 2.45) is 0 Å². The fraction of sp³-hybridized carbons (Fsp3) is 0.429. The summed E-state index contributed by atoms with van der Waals surface area (Å²) in [4.78, 5) is 18.1. The number of aryl methyl sites for hydroxylation is 1. The number of allylic oxidation sites excluding steroid dienone is 1. The van der Waals surface area contributed by atoms with Crippen molar-refractivity contribution in [3.05, 3.63) is 47.0 Å². The first-order chi connectivity index (χ1) is 14.6. The number of carbonyl (C=O) groups is 1. The molecule has 0 fully saturated rings. The molecule has 3 rings (SSSR count). The number of nitrogens with one attached hydrogen (secondary N) is 4. The smallest absolute Gasteiger partial charge is 0.276 e. The highest BCUT2D eigenvalue weighted by Gasteiger charge is 2.25. The monoisotopic (exact) mass is 417 g/mol. The number of hydroxylamine groups is 1. The van der Waals surface area contributed by atoms with Gasteiger partial charge in [-0.05, 0) is 44.9 Å². The summed E-state index contributed by atoms with van der Waals surface area (Å²) in [5.41, 5.74) is 5.64. The molecule has 1 amide bonds. The first kappa shape index (κ1) is 21.8. The molecule has 0 saturated heterocycles. The maximum atomic E-state index is 14.3. The fourth-order valence-electron chi connectivity index (χ4n) is 3.14. The van der Waals surface area contributed by atoms with E-state index in [2.05, 4.69) is 33.2 Å². The molecule has 1 heterocycles. The number of aromatic nitrogens is 2. The van der Waals surface area contributed by atoms with Crippen molar-refractivity contribution in [2.75, 3.05) is 31.6 Å². The van der Waals surface area contributed by atoms with Crippen LogP contribution in [0.25, 0.3) is 5.70 Å². The van der Waals surface area contributed by atoms with E-state index >= 15 is 0 Å². The predicted octanol–water partition coefficient (Wildman–Crippen LogP) is 3.01. The third kappa shape index (κ3) is 5.37. The van der Waals surface area contributed by atoms with Gasteiger partial charge in [0.25, 0.3) is 5.91 Å². The molecule has 1 aromatic carbocycles. The summed E-state index contributed by atoms with van der Waals surface area (Å²) in [6.45, 7) is 6.32. The highest BCUT2D eigenvalue weighted by molar-refractivity contribution is 6.06. The second-order valence-corrected chi connectivity index (χ2v) is 6.82. The summed E-state index contributed by atoms with van der Waals surface area (Å²) >= 11 is 0. The van der Waals surface area contributed by atoms with E-state index in [0.29, 0.717) is 36.7 Å². The molecular weight excluding hydrogens is 389 g/mol. The molecule has 9 heteroatoms. The Morgan fingerprint density at radius 2 is 2.17 bits per heavy atom. The Balaban J connectivity index is 1.65. The van der Waals surface area contributed by atoms with Crippen LogP contribution in [0.5, 0.6) is 5.75 Å². The van der Waals surface area contributed by atoms with E-state index in [9.17, 15) is 9.18 Å². The Kier molecular flexibility index (Phi) is 7.81. The van der Waals surface area contributed by atoms with E-state index in [1.807, 2.05) is 13.0 Å². The number of halogens is 1. The van der Waals surface area contributed by atoms with Gasteiger partial charge in [0.2, 0.25) is 0 Å². The highest BCUT2D eigenvalue weighted by atomic mass is 19.1. The summed E-state index contributed by atoms with van der Waals surface area (Å²) < 4.78 is 19.8. The normalized spacial score (nSPS) is 12.8. The van der Waals surface area contributed by atoms with E-state index in [4.69, 9.17) is 9.57 Å². The van der Waals surface area contributed by atoms with Gasteiger partial charge in [0.15, 0.2) is 17.3 Å². The number of rotatable bonds is 11. The molecule has 4 N–H and O–H groups in total. The van der Waals surface area contributed by atoms with Crippen LogP contribution in [0, 0.1) is 5.82 Å². The molecule has 162 valence electrons. The molecular formula is C21H28FN5O3. The molecule has 0 spiro atoms. The van der Waals surface area contributed by atoms with E-state index in [1.54, 1.807) is 6.07 Å². The summed E-state index contributed by atoms with van der Waals surface area (Å²) in [5.74, 6) is -0.823. The Bertz CT molecular complexity index is 897. The van der Waals surface area contributed by atoms with Crippen molar-refractivity contribution >= 4 is 17.3 Å². The molecule has 0 aliphatic heterocycles. The summed E-state index contributed by atoms with van der Waals surface area (Å²) in [6.07, 6.45) is 4.55. The summed E-state index contributed by atoms with van der Waals surface area (Å²) in [5, 5.41) is 13.0. The number of fused-ring (bicyclic) bond motifs is 1. The van der Waals surface area contributed by atoms with Crippen LogP contribution >= 0.6 is 0 Å². The molecule has 1 aromatic heterocycles. The summed E-state index contributed by atoms with van der Waals surface area (Å²) in [7, 11) is 0. The van der Waals surface area contributed by atoms with Gasteiger partial charge >= 0.3 is 0 Å². The quantitative estimate of drug-likeness (QED) is 0.331. The van der Waals surface area contributed by atoms with Crippen LogP contribution in [-0.4, -0.2) is 42.4 Å². The largest absolute Gasteiger partial charge is 0.489 e. The SMILES string of the molecule is CCCNCCOc1ccc(NC(=O)c2n[nH]c3c2C(NOCC)=CCC3)cc1F. The Morgan fingerprint density at radius 1 is 1.30 bits per heavy atom. The molecule has 0 radical (unpaired) electrons. The van der Waals surface area contributed by atoms with Gasteiger partial charge in [0.1, 0.15) is 6.61 Å². The lowest BCUT2D eigenvalue weighted by Gasteiger charge is -2.16. The second-order valence-electron chi connectivity index (χ2n) is 6.82. The molecule has 30 heavy (non-hydrogen) atoms. The first-order valence-corrected chi connectivity index (χ1v) is 10.2. The van der Waals surface area contributed by atoms with Crippen LogP contribution < -0.4 is 20.9 Å². The van der Waals surface area contributed by atoms with E-state index in [-0.39, 0.29) is 11.4 Å².